The highest BCUT2D eigenvalue weighted by molar-refractivity contribution is 5.94. The van der Waals surface area contributed by atoms with E-state index in [1.807, 2.05) is 31.2 Å². The van der Waals surface area contributed by atoms with Crippen LogP contribution in [-0.2, 0) is 12.8 Å². The number of ether oxygens (including phenoxy) is 1. The minimum absolute atomic E-state index is 0.0705. The molecule has 1 amide bonds. The van der Waals surface area contributed by atoms with Crippen LogP contribution in [0, 0.1) is 0 Å². The van der Waals surface area contributed by atoms with E-state index < -0.39 is 0 Å². The number of methoxy groups -OCH3 is 1. The molecule has 2 N–H and O–H groups in total. The molecule has 0 aliphatic carbocycles. The molecule has 1 aliphatic heterocycles. The number of aromatic amines is 1. The van der Waals surface area contributed by atoms with Crippen molar-refractivity contribution < 1.29 is 14.1 Å². The van der Waals surface area contributed by atoms with Gasteiger partial charge in [-0.15, -0.1) is 0 Å². The molecule has 1 aromatic carbocycles. The number of para-hydroxylation sites is 1. The molecule has 3 aromatic rings. The Labute approximate surface area is 150 Å². The zero-order valence-electron chi connectivity index (χ0n) is 14.6. The quantitative estimate of drug-likeness (QED) is 0.744. The average Bonchev–Trinajstić information content (AvgIpc) is 3.28. The van der Waals surface area contributed by atoms with Crippen LogP contribution < -0.4 is 10.1 Å². The fourth-order valence-electron chi connectivity index (χ4n) is 3.19. The smallest absolute Gasteiger partial charge is 0.271 e. The summed E-state index contributed by atoms with van der Waals surface area (Å²) in [6, 6.07) is 7.84. The molecule has 1 aliphatic rings. The van der Waals surface area contributed by atoms with Crippen LogP contribution in [0.1, 0.15) is 40.5 Å². The number of rotatable bonds is 4. The standard InChI is InChI=1S/C18H19N5O3/c1-3-14-21-17(23-26-14)16-20-12-8-10(9-19-18(24)15(12)22-16)11-6-4-5-7-13(11)25-2/h4-7,10H,3,8-9H2,1-2H3,(H,19,24)(H,20,22). The molecule has 2 aromatic heterocycles. The van der Waals surface area contributed by atoms with Gasteiger partial charge in [0.15, 0.2) is 5.82 Å². The van der Waals surface area contributed by atoms with Gasteiger partial charge in [0.05, 0.1) is 7.11 Å². The number of imidazole rings is 1. The molecule has 134 valence electrons. The molecular weight excluding hydrogens is 334 g/mol. The van der Waals surface area contributed by atoms with Crippen molar-refractivity contribution in [1.29, 1.82) is 0 Å². The summed E-state index contributed by atoms with van der Waals surface area (Å²) in [5, 5.41) is 6.86. The van der Waals surface area contributed by atoms with Gasteiger partial charge in [-0.3, -0.25) is 4.79 Å². The first-order valence-electron chi connectivity index (χ1n) is 8.52. The summed E-state index contributed by atoms with van der Waals surface area (Å²) in [6.07, 6.45) is 1.27. The third-order valence-electron chi connectivity index (χ3n) is 4.51. The number of carbonyl (C=O) groups is 1. The number of nitrogens with one attached hydrogen (secondary N) is 2. The Bertz CT molecular complexity index is 946. The van der Waals surface area contributed by atoms with Crippen molar-refractivity contribution in [2.24, 2.45) is 0 Å². The van der Waals surface area contributed by atoms with Crippen molar-refractivity contribution >= 4 is 5.91 Å². The minimum Gasteiger partial charge on any atom is -0.496 e. The Morgan fingerprint density at radius 3 is 2.92 bits per heavy atom. The van der Waals surface area contributed by atoms with Gasteiger partial charge in [-0.25, -0.2) is 4.98 Å². The molecule has 3 heterocycles. The van der Waals surface area contributed by atoms with E-state index in [2.05, 4.69) is 25.4 Å². The Morgan fingerprint density at radius 2 is 2.15 bits per heavy atom. The number of fused-ring (bicyclic) bond motifs is 1. The summed E-state index contributed by atoms with van der Waals surface area (Å²) in [4.78, 5) is 24.3. The van der Waals surface area contributed by atoms with Crippen LogP contribution >= 0.6 is 0 Å². The summed E-state index contributed by atoms with van der Waals surface area (Å²) in [7, 11) is 1.65. The lowest BCUT2D eigenvalue weighted by Gasteiger charge is -2.17. The van der Waals surface area contributed by atoms with E-state index in [0.717, 1.165) is 17.0 Å². The van der Waals surface area contributed by atoms with Crippen molar-refractivity contribution in [3.05, 3.63) is 47.1 Å². The molecule has 4 rings (SSSR count). The van der Waals surface area contributed by atoms with Gasteiger partial charge in [0.2, 0.25) is 11.7 Å². The third-order valence-corrected chi connectivity index (χ3v) is 4.51. The third kappa shape index (κ3) is 2.83. The average molecular weight is 353 g/mol. The van der Waals surface area contributed by atoms with Crippen LogP contribution in [0.2, 0.25) is 0 Å². The van der Waals surface area contributed by atoms with Gasteiger partial charge in [-0.2, -0.15) is 4.98 Å². The van der Waals surface area contributed by atoms with E-state index in [1.54, 1.807) is 7.11 Å². The predicted octanol–water partition coefficient (Wildman–Crippen LogP) is 2.10. The number of hydrogen-bond acceptors (Lipinski definition) is 6. The van der Waals surface area contributed by atoms with Crippen LogP contribution in [-0.4, -0.2) is 39.7 Å². The minimum atomic E-state index is -0.209. The van der Waals surface area contributed by atoms with E-state index in [4.69, 9.17) is 9.26 Å². The number of aryl methyl sites for hydroxylation is 1. The molecule has 0 saturated carbocycles. The van der Waals surface area contributed by atoms with Crippen LogP contribution in [0.3, 0.4) is 0 Å². The molecule has 0 bridgehead atoms. The molecular formula is C18H19N5O3. The number of amides is 1. The maximum Gasteiger partial charge on any atom is 0.271 e. The number of carbonyl (C=O) groups excluding carboxylic acids is 1. The van der Waals surface area contributed by atoms with Crippen molar-refractivity contribution in [2.45, 2.75) is 25.7 Å². The fourth-order valence-corrected chi connectivity index (χ4v) is 3.19. The van der Waals surface area contributed by atoms with Gasteiger partial charge < -0.3 is 19.6 Å². The fraction of sp³-hybridized carbons (Fsp3) is 0.333. The lowest BCUT2D eigenvalue weighted by Crippen LogP contribution is -2.26. The maximum atomic E-state index is 12.5. The second-order valence-electron chi connectivity index (χ2n) is 6.13. The Kier molecular flexibility index (Phi) is 4.16. The summed E-state index contributed by atoms with van der Waals surface area (Å²) in [5.74, 6) is 2.00. The number of H-pyrrole nitrogens is 1. The summed E-state index contributed by atoms with van der Waals surface area (Å²) >= 11 is 0. The van der Waals surface area contributed by atoms with Gasteiger partial charge in [0, 0.05) is 24.6 Å². The lowest BCUT2D eigenvalue weighted by molar-refractivity contribution is 0.0950. The largest absolute Gasteiger partial charge is 0.496 e. The van der Waals surface area contributed by atoms with Crippen LogP contribution in [0.4, 0.5) is 0 Å². The zero-order chi connectivity index (χ0) is 18.1. The lowest BCUT2D eigenvalue weighted by atomic mass is 9.93. The van der Waals surface area contributed by atoms with Gasteiger partial charge in [-0.1, -0.05) is 30.3 Å². The Morgan fingerprint density at radius 1 is 1.31 bits per heavy atom. The van der Waals surface area contributed by atoms with Crippen LogP contribution in [0.5, 0.6) is 5.75 Å². The second kappa shape index (κ2) is 6.62. The Hall–Kier alpha value is -3.16. The number of nitrogens with zero attached hydrogens (tertiary/aromatic N) is 3. The molecule has 1 atom stereocenters. The molecule has 1 unspecified atom stereocenters. The highest BCUT2D eigenvalue weighted by Gasteiger charge is 2.28. The van der Waals surface area contributed by atoms with E-state index in [1.165, 1.54) is 0 Å². The number of aromatic nitrogens is 4. The maximum absolute atomic E-state index is 12.5. The highest BCUT2D eigenvalue weighted by Crippen LogP contribution is 2.31. The summed E-state index contributed by atoms with van der Waals surface area (Å²) in [5.41, 5.74) is 2.18. The SMILES string of the molecule is CCc1nc(-c2nc3c([nH]2)CC(c2ccccc2OC)CNC3=O)no1. The molecule has 8 heteroatoms. The van der Waals surface area contributed by atoms with E-state index in [-0.39, 0.29) is 11.8 Å². The highest BCUT2D eigenvalue weighted by atomic mass is 16.5. The summed E-state index contributed by atoms with van der Waals surface area (Å²) in [6.45, 7) is 2.45. The second-order valence-corrected chi connectivity index (χ2v) is 6.13. The van der Waals surface area contributed by atoms with Gasteiger partial charge >= 0.3 is 0 Å². The predicted molar refractivity (Wildman–Crippen MR) is 93.0 cm³/mol. The molecule has 0 fully saturated rings. The van der Waals surface area contributed by atoms with E-state index >= 15 is 0 Å². The zero-order valence-corrected chi connectivity index (χ0v) is 14.6. The van der Waals surface area contributed by atoms with Crippen molar-refractivity contribution in [3.63, 3.8) is 0 Å². The molecule has 26 heavy (non-hydrogen) atoms. The topological polar surface area (TPSA) is 106 Å². The molecule has 0 radical (unpaired) electrons. The van der Waals surface area contributed by atoms with Crippen LogP contribution in [0.15, 0.2) is 28.8 Å². The number of hydrogen-bond donors (Lipinski definition) is 2. The number of benzene rings is 1. The van der Waals surface area contributed by atoms with Gasteiger partial charge in [-0.05, 0) is 18.1 Å². The first kappa shape index (κ1) is 16.3. The van der Waals surface area contributed by atoms with Crippen molar-refractivity contribution in [1.82, 2.24) is 25.4 Å². The van der Waals surface area contributed by atoms with Crippen LogP contribution in [0.25, 0.3) is 11.6 Å². The monoisotopic (exact) mass is 353 g/mol. The van der Waals surface area contributed by atoms with Crippen molar-refractivity contribution in [3.8, 4) is 17.4 Å². The normalized spacial score (nSPS) is 16.7. The molecule has 8 nitrogen and oxygen atoms in total. The first-order valence-corrected chi connectivity index (χ1v) is 8.52. The van der Waals surface area contributed by atoms with Gasteiger partial charge in [0.1, 0.15) is 11.4 Å². The molecule has 0 saturated heterocycles. The van der Waals surface area contributed by atoms with E-state index in [9.17, 15) is 4.79 Å². The van der Waals surface area contributed by atoms with Crippen molar-refractivity contribution in [2.75, 3.05) is 13.7 Å². The van der Waals surface area contributed by atoms with Gasteiger partial charge in [0.25, 0.3) is 5.91 Å². The first-order chi connectivity index (χ1) is 12.7. The summed E-state index contributed by atoms with van der Waals surface area (Å²) < 4.78 is 10.6. The molecule has 0 spiro atoms. The van der Waals surface area contributed by atoms with E-state index in [0.29, 0.717) is 42.6 Å². The Balaban J connectivity index is 1.69.